The summed E-state index contributed by atoms with van der Waals surface area (Å²) in [5.74, 6) is -2.77. The molecule has 0 fully saturated rings. The first kappa shape index (κ1) is 19.7. The molecule has 1 unspecified atom stereocenters. The molecule has 0 saturated carbocycles. The SMILES string of the molecule is CCCCC(CC(=O)O)C(=O)O.[Li].[Li]. The van der Waals surface area contributed by atoms with Crippen LogP contribution >= 0.6 is 0 Å². The van der Waals surface area contributed by atoms with Gasteiger partial charge < -0.3 is 10.2 Å². The normalized spacial score (nSPS) is 10.6. The van der Waals surface area contributed by atoms with E-state index in [2.05, 4.69) is 0 Å². The van der Waals surface area contributed by atoms with Crippen LogP contribution in [0, 0.1) is 5.92 Å². The van der Waals surface area contributed by atoms with Crippen molar-refractivity contribution in [3.63, 3.8) is 0 Å². The molecule has 0 bridgehead atoms. The number of carboxylic acids is 2. The predicted octanol–water partition coefficient (Wildman–Crippen LogP) is 0.590. The van der Waals surface area contributed by atoms with Crippen molar-refractivity contribution in [2.24, 2.45) is 5.92 Å². The molecule has 0 heterocycles. The van der Waals surface area contributed by atoms with Crippen LogP contribution in [-0.2, 0) is 9.59 Å². The fourth-order valence-corrected chi connectivity index (χ4v) is 0.974. The Balaban J connectivity index is -0.000000605. The Hall–Kier alpha value is 0.135. The van der Waals surface area contributed by atoms with Crippen LogP contribution in [0.15, 0.2) is 0 Å². The number of hydrogen-bond acceptors (Lipinski definition) is 2. The maximum atomic E-state index is 10.5. The third-order valence-electron chi connectivity index (χ3n) is 1.68. The molecule has 0 aromatic carbocycles. The smallest absolute Gasteiger partial charge is 0.307 e. The summed E-state index contributed by atoms with van der Waals surface area (Å²) in [4.78, 5) is 20.7. The number of carboxylic acid groups (broad SMARTS) is 2. The molecular formula is C8H14Li2O4. The summed E-state index contributed by atoms with van der Waals surface area (Å²) in [6.45, 7) is 1.94. The van der Waals surface area contributed by atoms with Gasteiger partial charge in [-0.15, -0.1) is 0 Å². The van der Waals surface area contributed by atoms with Crippen molar-refractivity contribution in [1.29, 1.82) is 0 Å². The van der Waals surface area contributed by atoms with Crippen molar-refractivity contribution in [3.05, 3.63) is 0 Å². The summed E-state index contributed by atoms with van der Waals surface area (Å²) < 4.78 is 0. The summed E-state index contributed by atoms with van der Waals surface area (Å²) in [6.07, 6.45) is 1.85. The molecule has 2 N–H and O–H groups in total. The van der Waals surface area contributed by atoms with Crippen LogP contribution in [0.5, 0.6) is 0 Å². The molecule has 72 valence electrons. The third-order valence-corrected chi connectivity index (χ3v) is 1.68. The van der Waals surface area contributed by atoms with Gasteiger partial charge in [0.25, 0.3) is 0 Å². The van der Waals surface area contributed by atoms with E-state index in [0.717, 1.165) is 12.8 Å². The van der Waals surface area contributed by atoms with Gasteiger partial charge in [0.15, 0.2) is 0 Å². The molecule has 0 aromatic heterocycles. The Morgan fingerprint density at radius 2 is 1.71 bits per heavy atom. The number of hydrogen-bond donors (Lipinski definition) is 2. The molecule has 0 aliphatic carbocycles. The standard InChI is InChI=1S/C8H14O4.2Li/c1-2-3-4-6(8(11)12)5-7(9)10;;/h6H,2-5H2,1H3,(H,9,10)(H,11,12);;. The molecule has 0 spiro atoms. The van der Waals surface area contributed by atoms with Gasteiger partial charge in [-0.2, -0.15) is 0 Å². The number of unbranched alkanes of at least 4 members (excludes halogenated alkanes) is 1. The van der Waals surface area contributed by atoms with E-state index in [1.807, 2.05) is 6.92 Å². The van der Waals surface area contributed by atoms with Gasteiger partial charge in [-0.25, -0.2) is 0 Å². The van der Waals surface area contributed by atoms with Gasteiger partial charge in [0.1, 0.15) is 0 Å². The summed E-state index contributed by atoms with van der Waals surface area (Å²) in [6, 6.07) is 0. The first-order valence-electron chi connectivity index (χ1n) is 4.02. The molecule has 0 rings (SSSR count). The van der Waals surface area contributed by atoms with E-state index in [9.17, 15) is 9.59 Å². The van der Waals surface area contributed by atoms with E-state index >= 15 is 0 Å². The molecular weight excluding hydrogens is 174 g/mol. The quantitative estimate of drug-likeness (QED) is 0.598. The Morgan fingerprint density at radius 3 is 2.00 bits per heavy atom. The molecule has 0 aliphatic rings. The minimum absolute atomic E-state index is 0. The van der Waals surface area contributed by atoms with E-state index in [-0.39, 0.29) is 44.1 Å². The molecule has 4 nitrogen and oxygen atoms in total. The number of rotatable bonds is 6. The molecule has 0 saturated heterocycles. The van der Waals surface area contributed by atoms with Crippen LogP contribution in [0.25, 0.3) is 0 Å². The zero-order chi connectivity index (χ0) is 9.56. The first-order chi connectivity index (χ1) is 5.57. The average molecular weight is 188 g/mol. The molecule has 0 aliphatic heterocycles. The molecule has 14 heavy (non-hydrogen) atoms. The zero-order valence-corrected chi connectivity index (χ0v) is 9.12. The molecule has 0 aromatic rings. The first-order valence-corrected chi connectivity index (χ1v) is 4.02. The largest absolute Gasteiger partial charge is 0.481 e. The van der Waals surface area contributed by atoms with Crippen molar-refractivity contribution in [3.8, 4) is 0 Å². The van der Waals surface area contributed by atoms with E-state index < -0.39 is 17.9 Å². The summed E-state index contributed by atoms with van der Waals surface area (Å²) in [5.41, 5.74) is 0. The fourth-order valence-electron chi connectivity index (χ4n) is 0.974. The van der Waals surface area contributed by atoms with Gasteiger partial charge in [0.2, 0.25) is 0 Å². The Labute approximate surface area is 108 Å². The van der Waals surface area contributed by atoms with Crippen molar-refractivity contribution >= 4 is 49.7 Å². The van der Waals surface area contributed by atoms with Gasteiger partial charge in [-0.3, -0.25) is 9.59 Å². The van der Waals surface area contributed by atoms with Gasteiger partial charge in [-0.05, 0) is 6.42 Å². The Bertz CT molecular complexity index is 173. The summed E-state index contributed by atoms with van der Waals surface area (Å²) in [5, 5.41) is 17.0. The van der Waals surface area contributed by atoms with Crippen LogP contribution in [0.4, 0.5) is 0 Å². The Kier molecular flexibility index (Phi) is 15.8. The Morgan fingerprint density at radius 1 is 1.21 bits per heavy atom. The van der Waals surface area contributed by atoms with Gasteiger partial charge in [0.05, 0.1) is 12.3 Å². The topological polar surface area (TPSA) is 74.6 Å². The van der Waals surface area contributed by atoms with E-state index in [1.165, 1.54) is 0 Å². The van der Waals surface area contributed by atoms with E-state index in [0.29, 0.717) is 6.42 Å². The molecule has 2 radical (unpaired) electrons. The number of carbonyl (C=O) groups is 2. The summed E-state index contributed by atoms with van der Waals surface area (Å²) >= 11 is 0. The van der Waals surface area contributed by atoms with Crippen LogP contribution < -0.4 is 0 Å². The second-order valence-electron chi connectivity index (χ2n) is 2.78. The van der Waals surface area contributed by atoms with Crippen LogP contribution in [0.1, 0.15) is 32.6 Å². The summed E-state index contributed by atoms with van der Waals surface area (Å²) in [7, 11) is 0. The van der Waals surface area contributed by atoms with Gasteiger partial charge in [-0.1, -0.05) is 19.8 Å². The second-order valence-corrected chi connectivity index (χ2v) is 2.78. The third kappa shape index (κ3) is 10.2. The zero-order valence-electron chi connectivity index (χ0n) is 9.12. The minimum atomic E-state index is -1.04. The van der Waals surface area contributed by atoms with Crippen LogP contribution in [-0.4, -0.2) is 59.9 Å². The van der Waals surface area contributed by atoms with Crippen LogP contribution in [0.3, 0.4) is 0 Å². The minimum Gasteiger partial charge on any atom is -0.481 e. The monoisotopic (exact) mass is 188 g/mol. The number of aliphatic carboxylic acids is 2. The second kappa shape index (κ2) is 11.2. The molecule has 0 amide bonds. The van der Waals surface area contributed by atoms with Gasteiger partial charge in [0, 0.05) is 37.7 Å². The molecule has 6 heteroatoms. The fraction of sp³-hybridized carbons (Fsp3) is 0.750. The maximum absolute atomic E-state index is 10.5. The van der Waals surface area contributed by atoms with Crippen molar-refractivity contribution in [2.45, 2.75) is 32.6 Å². The van der Waals surface area contributed by atoms with Crippen LogP contribution in [0.2, 0.25) is 0 Å². The average Bonchev–Trinajstić information content (AvgIpc) is 1.96. The maximum Gasteiger partial charge on any atom is 0.307 e. The van der Waals surface area contributed by atoms with Crippen molar-refractivity contribution in [1.82, 2.24) is 0 Å². The van der Waals surface area contributed by atoms with Crippen molar-refractivity contribution < 1.29 is 19.8 Å². The van der Waals surface area contributed by atoms with Gasteiger partial charge >= 0.3 is 11.9 Å². The van der Waals surface area contributed by atoms with E-state index in [1.54, 1.807) is 0 Å². The van der Waals surface area contributed by atoms with E-state index in [4.69, 9.17) is 10.2 Å². The van der Waals surface area contributed by atoms with Crippen molar-refractivity contribution in [2.75, 3.05) is 0 Å². The predicted molar refractivity (Wildman–Crippen MR) is 54.4 cm³/mol. The molecule has 1 atom stereocenters.